The molecular weight excluding hydrogens is 358 g/mol. The van der Waals surface area contributed by atoms with Crippen LogP contribution < -0.4 is 20.1 Å². The van der Waals surface area contributed by atoms with Gasteiger partial charge in [0.25, 0.3) is 0 Å². The van der Waals surface area contributed by atoms with E-state index in [0.29, 0.717) is 34.9 Å². The molecule has 0 radical (unpaired) electrons. The molecule has 0 aliphatic rings. The quantitative estimate of drug-likeness (QED) is 0.608. The Hall–Kier alpha value is -3.68. The molecule has 0 aliphatic carbocycles. The Balaban J connectivity index is 2.11. The molecule has 0 saturated heterocycles. The maximum absolute atomic E-state index is 11.4. The van der Waals surface area contributed by atoms with E-state index < -0.39 is 0 Å². The molecular formula is C20H21N5O3. The third-order valence-corrected chi connectivity index (χ3v) is 3.92. The molecule has 8 heteroatoms. The summed E-state index contributed by atoms with van der Waals surface area (Å²) in [6.45, 7) is 5.60. The molecule has 0 spiro atoms. The van der Waals surface area contributed by atoms with E-state index in [-0.39, 0.29) is 11.9 Å². The summed E-state index contributed by atoms with van der Waals surface area (Å²) in [5.74, 6) is 1.74. The van der Waals surface area contributed by atoms with Crippen molar-refractivity contribution in [3.8, 4) is 22.8 Å². The van der Waals surface area contributed by atoms with Crippen LogP contribution in [0, 0.1) is 0 Å². The number of carbonyl (C=O) groups is 1. The molecule has 0 atom stereocenters. The molecule has 3 aromatic rings. The average Bonchev–Trinajstić information content (AvgIpc) is 2.70. The topological polar surface area (TPSA) is 98.3 Å². The molecule has 1 amide bonds. The average molecular weight is 379 g/mol. The van der Waals surface area contributed by atoms with E-state index in [2.05, 4.69) is 27.2 Å². The smallest absolute Gasteiger partial charge is 0.232 e. The molecule has 0 bridgehead atoms. The predicted molar refractivity (Wildman–Crippen MR) is 109 cm³/mol. The summed E-state index contributed by atoms with van der Waals surface area (Å²) in [7, 11) is 3.18. The van der Waals surface area contributed by atoms with Crippen molar-refractivity contribution in [3.63, 3.8) is 0 Å². The highest BCUT2D eigenvalue weighted by atomic mass is 16.5. The van der Waals surface area contributed by atoms with Crippen molar-refractivity contribution >= 4 is 28.7 Å². The molecule has 3 rings (SSSR count). The van der Waals surface area contributed by atoms with E-state index in [1.54, 1.807) is 20.3 Å². The van der Waals surface area contributed by atoms with Gasteiger partial charge in [-0.05, 0) is 30.3 Å². The molecule has 2 heterocycles. The number of hydrogen-bond acceptors (Lipinski definition) is 7. The van der Waals surface area contributed by atoms with Crippen molar-refractivity contribution in [1.82, 2.24) is 15.0 Å². The van der Waals surface area contributed by atoms with E-state index in [1.165, 1.54) is 6.92 Å². The molecule has 0 unspecified atom stereocenters. The van der Waals surface area contributed by atoms with Gasteiger partial charge in [0.15, 0.2) is 17.3 Å². The standard InChI is InChI=1S/C20H21N5O3/c1-5-10-21-19-18-15(24-20(25-19)22-12(2)26)8-7-14(23-18)13-6-9-16(27-3)17(11-13)28-4/h5-9,11H,1,10H2,2-4H3,(H2,21,22,24,25,26). The fraction of sp³-hybridized carbons (Fsp3) is 0.200. The Labute approximate surface area is 162 Å². The van der Waals surface area contributed by atoms with Crippen LogP contribution in [0.15, 0.2) is 43.0 Å². The molecule has 144 valence electrons. The van der Waals surface area contributed by atoms with Crippen LogP contribution in [0.3, 0.4) is 0 Å². The third-order valence-electron chi connectivity index (χ3n) is 3.92. The first-order chi connectivity index (χ1) is 13.5. The molecule has 8 nitrogen and oxygen atoms in total. The Morgan fingerprint density at radius 3 is 2.57 bits per heavy atom. The summed E-state index contributed by atoms with van der Waals surface area (Å²) in [6, 6.07) is 9.27. The van der Waals surface area contributed by atoms with Crippen LogP contribution in [0.25, 0.3) is 22.3 Å². The zero-order valence-electron chi connectivity index (χ0n) is 15.9. The number of amides is 1. The lowest BCUT2D eigenvalue weighted by molar-refractivity contribution is -0.114. The number of aromatic nitrogens is 3. The van der Waals surface area contributed by atoms with Gasteiger partial charge in [-0.1, -0.05) is 6.08 Å². The first-order valence-electron chi connectivity index (χ1n) is 8.59. The van der Waals surface area contributed by atoms with Gasteiger partial charge in [0.05, 0.1) is 25.4 Å². The van der Waals surface area contributed by atoms with Crippen molar-refractivity contribution in [3.05, 3.63) is 43.0 Å². The third kappa shape index (κ3) is 4.01. The zero-order chi connectivity index (χ0) is 20.1. The molecule has 0 aliphatic heterocycles. The second kappa shape index (κ2) is 8.34. The summed E-state index contributed by atoms with van der Waals surface area (Å²) in [6.07, 6.45) is 1.71. The highest BCUT2D eigenvalue weighted by molar-refractivity contribution is 5.92. The molecule has 0 fully saturated rings. The molecule has 2 N–H and O–H groups in total. The second-order valence-corrected chi connectivity index (χ2v) is 5.88. The van der Waals surface area contributed by atoms with Crippen molar-refractivity contribution in [2.24, 2.45) is 0 Å². The van der Waals surface area contributed by atoms with Crippen molar-refractivity contribution in [2.45, 2.75) is 6.92 Å². The largest absolute Gasteiger partial charge is 0.493 e. The van der Waals surface area contributed by atoms with Gasteiger partial charge >= 0.3 is 0 Å². The zero-order valence-corrected chi connectivity index (χ0v) is 15.9. The molecule has 0 saturated carbocycles. The Morgan fingerprint density at radius 2 is 1.89 bits per heavy atom. The van der Waals surface area contributed by atoms with Gasteiger partial charge in [0, 0.05) is 19.0 Å². The number of nitrogens with zero attached hydrogens (tertiary/aromatic N) is 3. The molecule has 1 aromatic carbocycles. The maximum atomic E-state index is 11.4. The number of carbonyl (C=O) groups excluding carboxylic acids is 1. The highest BCUT2D eigenvalue weighted by Crippen LogP contribution is 2.32. The van der Waals surface area contributed by atoms with Crippen molar-refractivity contribution in [2.75, 3.05) is 31.4 Å². The van der Waals surface area contributed by atoms with Gasteiger partial charge in [-0.15, -0.1) is 6.58 Å². The summed E-state index contributed by atoms with van der Waals surface area (Å²) in [5.41, 5.74) is 2.78. The minimum Gasteiger partial charge on any atom is -0.493 e. The first kappa shape index (κ1) is 19.1. The fourth-order valence-electron chi connectivity index (χ4n) is 2.68. The van der Waals surface area contributed by atoms with Gasteiger partial charge in [-0.3, -0.25) is 10.1 Å². The van der Waals surface area contributed by atoms with Crippen LogP contribution in [-0.4, -0.2) is 41.6 Å². The Kier molecular flexibility index (Phi) is 5.69. The van der Waals surface area contributed by atoms with Gasteiger partial charge in [0.2, 0.25) is 11.9 Å². The van der Waals surface area contributed by atoms with Crippen molar-refractivity contribution in [1.29, 1.82) is 0 Å². The summed E-state index contributed by atoms with van der Waals surface area (Å²) in [4.78, 5) is 24.8. The van der Waals surface area contributed by atoms with Crippen LogP contribution in [-0.2, 0) is 4.79 Å². The molecule has 2 aromatic heterocycles. The number of nitrogens with one attached hydrogen (secondary N) is 2. The normalized spacial score (nSPS) is 10.4. The first-order valence-corrected chi connectivity index (χ1v) is 8.59. The van der Waals surface area contributed by atoms with E-state index in [1.807, 2.05) is 30.3 Å². The van der Waals surface area contributed by atoms with E-state index in [4.69, 9.17) is 14.5 Å². The fourth-order valence-corrected chi connectivity index (χ4v) is 2.68. The second-order valence-electron chi connectivity index (χ2n) is 5.88. The van der Waals surface area contributed by atoms with Gasteiger partial charge in [-0.25, -0.2) is 9.97 Å². The SMILES string of the molecule is C=CCNc1nc(NC(C)=O)nc2ccc(-c3ccc(OC)c(OC)c3)nc12. The minimum absolute atomic E-state index is 0.215. The summed E-state index contributed by atoms with van der Waals surface area (Å²) >= 11 is 0. The number of hydrogen-bond donors (Lipinski definition) is 2. The van der Waals surface area contributed by atoms with E-state index in [0.717, 1.165) is 11.3 Å². The number of fused-ring (bicyclic) bond motifs is 1. The predicted octanol–water partition coefficient (Wildman–Crippen LogP) is 3.27. The van der Waals surface area contributed by atoms with Gasteiger partial charge < -0.3 is 14.8 Å². The van der Waals surface area contributed by atoms with E-state index in [9.17, 15) is 4.79 Å². The van der Waals surface area contributed by atoms with Gasteiger partial charge in [0.1, 0.15) is 5.52 Å². The van der Waals surface area contributed by atoms with Crippen LogP contribution in [0.1, 0.15) is 6.92 Å². The number of methoxy groups -OCH3 is 2. The number of rotatable bonds is 7. The number of anilines is 2. The Morgan fingerprint density at radius 1 is 1.11 bits per heavy atom. The summed E-state index contributed by atoms with van der Waals surface area (Å²) in [5, 5.41) is 5.75. The summed E-state index contributed by atoms with van der Waals surface area (Å²) < 4.78 is 10.7. The van der Waals surface area contributed by atoms with Crippen molar-refractivity contribution < 1.29 is 14.3 Å². The Bertz CT molecular complexity index is 1040. The van der Waals surface area contributed by atoms with Crippen LogP contribution in [0.4, 0.5) is 11.8 Å². The molecule has 28 heavy (non-hydrogen) atoms. The minimum atomic E-state index is -0.246. The number of benzene rings is 1. The highest BCUT2D eigenvalue weighted by Gasteiger charge is 2.13. The lowest BCUT2D eigenvalue weighted by Gasteiger charge is -2.12. The van der Waals surface area contributed by atoms with E-state index >= 15 is 0 Å². The maximum Gasteiger partial charge on any atom is 0.232 e. The van der Waals surface area contributed by atoms with Crippen LogP contribution in [0.2, 0.25) is 0 Å². The lowest BCUT2D eigenvalue weighted by Crippen LogP contribution is -2.12. The number of pyridine rings is 1. The van der Waals surface area contributed by atoms with Crippen LogP contribution in [0.5, 0.6) is 11.5 Å². The monoisotopic (exact) mass is 379 g/mol. The number of ether oxygens (including phenoxy) is 2. The lowest BCUT2D eigenvalue weighted by atomic mass is 10.1. The van der Waals surface area contributed by atoms with Crippen LogP contribution >= 0.6 is 0 Å². The van der Waals surface area contributed by atoms with Gasteiger partial charge in [-0.2, -0.15) is 4.98 Å².